The zero-order valence-corrected chi connectivity index (χ0v) is 40.9. The van der Waals surface area contributed by atoms with Gasteiger partial charge in [-0.1, -0.05) is 0 Å². The standard InChI is InChI=1S/C17H29N2O5P.C13H21N2O5P.C10H17N2O5P/c1-6-22-25(20,23-7-2)9-8-18-10-14-11-19-13(3)16-15(14)12-21-17(4,5)24-16;1-9-12-11(8-19-13(2,3)20-12)10(7-15-9)6-14-4-5-21(16,17)18;1-7-10(14)9(6-13)8(5-12-7)4-11-2-3-18(15,16)17/h11,18H,6-10,12H2,1-5H3;7,14H,4-6,8H2,1-3H3,(H2,16,17,18);5,11,13-14H,2-4,6H2,1H3,(H2,15,16,17). The maximum absolute atomic E-state index is 12.4. The summed E-state index contributed by atoms with van der Waals surface area (Å²) in [6, 6.07) is 0. The lowest BCUT2D eigenvalue weighted by Crippen LogP contribution is -2.36. The molecule has 0 atom stereocenters. The Morgan fingerprint density at radius 1 is 0.641 bits per heavy atom. The van der Waals surface area contributed by atoms with Crippen LogP contribution in [-0.4, -0.2) is 108 Å². The van der Waals surface area contributed by atoms with Crippen LogP contribution in [0.3, 0.4) is 0 Å². The molecule has 0 saturated carbocycles. The molecule has 5 rings (SSSR count). The minimum absolute atomic E-state index is 0.0493. The number of fused-ring (bicyclic) bond motifs is 2. The van der Waals surface area contributed by atoms with Gasteiger partial charge < -0.3 is 73.7 Å². The predicted molar refractivity (Wildman–Crippen MR) is 238 cm³/mol. The summed E-state index contributed by atoms with van der Waals surface area (Å²) in [5.74, 6) is 0.163. The van der Waals surface area contributed by atoms with Crippen LogP contribution in [-0.2, 0) is 71.7 Å². The van der Waals surface area contributed by atoms with E-state index in [4.69, 9.17) is 52.7 Å². The maximum Gasteiger partial charge on any atom is 0.331 e. The Morgan fingerprint density at radius 3 is 1.41 bits per heavy atom. The van der Waals surface area contributed by atoms with Crippen molar-refractivity contribution in [3.63, 3.8) is 0 Å². The lowest BCUT2D eigenvalue weighted by Gasteiger charge is -2.34. The van der Waals surface area contributed by atoms with Crippen LogP contribution in [0.4, 0.5) is 0 Å². The van der Waals surface area contributed by atoms with Crippen LogP contribution in [0.25, 0.3) is 0 Å². The lowest BCUT2D eigenvalue weighted by atomic mass is 10.1. The molecule has 3 aromatic heterocycles. The molecule has 2 aliphatic heterocycles. The molecular formula is C40H67N6O15P3. The summed E-state index contributed by atoms with van der Waals surface area (Å²) >= 11 is 0. The summed E-state index contributed by atoms with van der Waals surface area (Å²) in [6.07, 6.45) is 4.98. The molecule has 21 nitrogen and oxygen atoms in total. The van der Waals surface area contributed by atoms with Crippen molar-refractivity contribution in [2.24, 2.45) is 0 Å². The van der Waals surface area contributed by atoms with Crippen molar-refractivity contribution in [3.05, 3.63) is 69.1 Å². The van der Waals surface area contributed by atoms with Crippen molar-refractivity contribution < 1.29 is 71.5 Å². The number of ether oxygens (including phenoxy) is 4. The second kappa shape index (κ2) is 24.7. The first kappa shape index (κ1) is 55.4. The Labute approximate surface area is 375 Å². The summed E-state index contributed by atoms with van der Waals surface area (Å²) in [6.45, 7) is 20.1. The van der Waals surface area contributed by atoms with E-state index in [1.807, 2.05) is 61.6 Å². The van der Waals surface area contributed by atoms with Gasteiger partial charge in [-0.05, 0) is 51.3 Å². The number of aliphatic hydroxyl groups excluding tert-OH is 1. The van der Waals surface area contributed by atoms with Gasteiger partial charge >= 0.3 is 22.8 Å². The Kier molecular flexibility index (Phi) is 21.4. The number of pyridine rings is 3. The van der Waals surface area contributed by atoms with Crippen LogP contribution in [0.1, 0.15) is 92.0 Å². The van der Waals surface area contributed by atoms with Gasteiger partial charge in [-0.15, -0.1) is 0 Å². The van der Waals surface area contributed by atoms with Crippen LogP contribution in [0.2, 0.25) is 0 Å². The number of aliphatic hydroxyl groups is 1. The molecule has 362 valence electrons. The topological polar surface area (TPSA) is 303 Å². The number of rotatable bonds is 20. The summed E-state index contributed by atoms with van der Waals surface area (Å²) in [5, 5.41) is 28.0. The molecule has 24 heteroatoms. The van der Waals surface area contributed by atoms with Gasteiger partial charge in [-0.25, -0.2) is 0 Å². The fraction of sp³-hybridized carbons (Fsp3) is 0.625. The van der Waals surface area contributed by atoms with Crippen LogP contribution in [0.15, 0.2) is 18.6 Å². The van der Waals surface area contributed by atoms with E-state index in [0.717, 1.165) is 45.1 Å². The molecule has 0 aromatic carbocycles. The van der Waals surface area contributed by atoms with Crippen LogP contribution < -0.4 is 25.4 Å². The van der Waals surface area contributed by atoms with E-state index in [1.165, 1.54) is 6.20 Å². The van der Waals surface area contributed by atoms with Gasteiger partial charge in [0.2, 0.25) is 11.6 Å². The Hall–Kier alpha value is -2.94. The van der Waals surface area contributed by atoms with Crippen molar-refractivity contribution >= 4 is 22.8 Å². The van der Waals surface area contributed by atoms with Crippen molar-refractivity contribution in [2.75, 3.05) is 51.3 Å². The molecule has 9 N–H and O–H groups in total. The maximum atomic E-state index is 12.4. The monoisotopic (exact) mass is 964 g/mol. The number of hydrogen-bond acceptors (Lipinski definition) is 17. The van der Waals surface area contributed by atoms with Gasteiger partial charge in [0, 0.05) is 102 Å². The third-order valence-corrected chi connectivity index (χ3v) is 13.2. The van der Waals surface area contributed by atoms with Gasteiger partial charge in [0.05, 0.1) is 68.6 Å². The normalized spacial score (nSPS) is 15.3. The molecule has 3 aromatic rings. The number of nitrogens with one attached hydrogen (secondary N) is 3. The molecule has 0 bridgehead atoms. The van der Waals surface area contributed by atoms with Crippen LogP contribution in [0, 0.1) is 20.8 Å². The summed E-state index contributed by atoms with van der Waals surface area (Å²) in [4.78, 5) is 47.7. The molecule has 5 heterocycles. The minimum atomic E-state index is -4.00. The first-order chi connectivity index (χ1) is 29.8. The van der Waals surface area contributed by atoms with E-state index in [2.05, 4.69) is 30.9 Å². The van der Waals surface area contributed by atoms with Crippen molar-refractivity contribution in [2.45, 2.75) is 113 Å². The number of aryl methyl sites for hydroxylation is 3. The third kappa shape index (κ3) is 18.4. The molecule has 0 aliphatic carbocycles. The van der Waals surface area contributed by atoms with E-state index >= 15 is 0 Å². The molecule has 0 saturated heterocycles. The van der Waals surface area contributed by atoms with E-state index in [0.29, 0.717) is 69.0 Å². The third-order valence-electron chi connectivity index (χ3n) is 9.54. The zero-order valence-electron chi connectivity index (χ0n) is 38.2. The first-order valence-electron chi connectivity index (χ1n) is 20.8. The highest BCUT2D eigenvalue weighted by atomic mass is 31.2. The van der Waals surface area contributed by atoms with Crippen LogP contribution in [0.5, 0.6) is 17.2 Å². The highest BCUT2D eigenvalue weighted by molar-refractivity contribution is 7.53. The molecule has 0 unspecified atom stereocenters. The van der Waals surface area contributed by atoms with Crippen molar-refractivity contribution in [1.29, 1.82) is 0 Å². The highest BCUT2D eigenvalue weighted by Crippen LogP contribution is 2.47. The molecule has 0 radical (unpaired) electrons. The molecule has 2 aliphatic rings. The fourth-order valence-electron chi connectivity index (χ4n) is 6.19. The summed E-state index contributed by atoms with van der Waals surface area (Å²) < 4.78 is 67.6. The number of hydrogen-bond donors (Lipinski definition) is 9. The minimum Gasteiger partial charge on any atom is -0.506 e. The molecule has 64 heavy (non-hydrogen) atoms. The number of nitrogens with zero attached hydrogens (tertiary/aromatic N) is 3. The smallest absolute Gasteiger partial charge is 0.331 e. The number of aromatic hydroxyl groups is 1. The van der Waals surface area contributed by atoms with E-state index in [-0.39, 0.29) is 44.3 Å². The molecular weight excluding hydrogens is 897 g/mol. The quantitative estimate of drug-likeness (QED) is 0.0554. The largest absolute Gasteiger partial charge is 0.506 e. The lowest BCUT2D eigenvalue weighted by molar-refractivity contribution is -0.181. The van der Waals surface area contributed by atoms with E-state index in [9.17, 15) is 18.8 Å². The Balaban J connectivity index is 0.000000259. The second-order valence-electron chi connectivity index (χ2n) is 15.8. The van der Waals surface area contributed by atoms with Gasteiger partial charge in [-0.2, -0.15) is 0 Å². The average Bonchev–Trinajstić information content (AvgIpc) is 3.19. The zero-order chi connectivity index (χ0) is 47.9. The molecule has 0 fully saturated rings. The summed E-state index contributed by atoms with van der Waals surface area (Å²) in [5.41, 5.74) is 6.95. The average molecular weight is 965 g/mol. The van der Waals surface area contributed by atoms with Crippen molar-refractivity contribution in [3.8, 4) is 17.2 Å². The van der Waals surface area contributed by atoms with Gasteiger partial charge in [0.15, 0.2) is 0 Å². The van der Waals surface area contributed by atoms with Crippen LogP contribution >= 0.6 is 22.8 Å². The molecule has 0 amide bonds. The molecule has 0 spiro atoms. The fourth-order valence-corrected chi connectivity index (χ4v) is 8.64. The Bertz CT molecular complexity index is 2120. The first-order valence-corrected chi connectivity index (χ1v) is 26.1. The Morgan fingerprint density at radius 2 is 1.02 bits per heavy atom. The SMILES string of the molecule is CCOP(=O)(CCNCc1cnc(C)c2c1COC(C)(C)O2)OCC.Cc1ncc(CNCCP(=O)(O)O)c(CO)c1O.Cc1ncc(CNCCP(=O)(O)O)c2c1OC(C)(C)OC2. The van der Waals surface area contributed by atoms with E-state index < -0.39 is 34.4 Å². The predicted octanol–water partition coefficient (Wildman–Crippen LogP) is 4.55. The van der Waals surface area contributed by atoms with Gasteiger partial charge in [0.1, 0.15) is 17.2 Å². The van der Waals surface area contributed by atoms with Gasteiger partial charge in [0.25, 0.3) is 0 Å². The van der Waals surface area contributed by atoms with E-state index in [1.54, 1.807) is 13.1 Å². The highest BCUT2D eigenvalue weighted by Gasteiger charge is 2.32. The van der Waals surface area contributed by atoms with Crippen molar-refractivity contribution in [1.82, 2.24) is 30.9 Å². The second-order valence-corrected chi connectivity index (χ2v) is 21.5. The van der Waals surface area contributed by atoms with Gasteiger partial charge in [-0.3, -0.25) is 28.6 Å². The summed E-state index contributed by atoms with van der Waals surface area (Å²) in [7, 11) is -11.0. The number of aromatic nitrogens is 3.